The number of rotatable bonds is 6. The number of ether oxygens (including phenoxy) is 1. The van der Waals surface area contributed by atoms with E-state index in [1.54, 1.807) is 6.20 Å². The summed E-state index contributed by atoms with van der Waals surface area (Å²) in [4.78, 5) is 8.83. The van der Waals surface area contributed by atoms with Crippen molar-refractivity contribution in [2.45, 2.75) is 6.92 Å². The molecule has 6 heteroatoms. The highest BCUT2D eigenvalue weighted by Gasteiger charge is 2.05. The van der Waals surface area contributed by atoms with Crippen LogP contribution in [0, 0.1) is 0 Å². The summed E-state index contributed by atoms with van der Waals surface area (Å²) in [6.45, 7) is 2.90. The molecule has 0 amide bonds. The van der Waals surface area contributed by atoms with E-state index in [1.807, 2.05) is 71.4 Å². The molecule has 0 aliphatic rings. The van der Waals surface area contributed by atoms with Gasteiger partial charge in [-0.3, -0.25) is 0 Å². The molecule has 3 heterocycles. The van der Waals surface area contributed by atoms with Crippen molar-refractivity contribution in [2.75, 3.05) is 17.2 Å². The van der Waals surface area contributed by atoms with Crippen molar-refractivity contribution in [3.63, 3.8) is 0 Å². The van der Waals surface area contributed by atoms with Gasteiger partial charge < -0.3 is 19.8 Å². The SMILES string of the molecule is CCNc1cccnc1Nc1ccc(Oc2cn3ccccc3n2)cc1. The lowest BCUT2D eigenvalue weighted by Gasteiger charge is -2.12. The molecule has 0 atom stereocenters. The van der Waals surface area contributed by atoms with Gasteiger partial charge >= 0.3 is 0 Å². The molecule has 4 rings (SSSR count). The Kier molecular flexibility index (Phi) is 4.38. The van der Waals surface area contributed by atoms with Crippen LogP contribution in [0.5, 0.6) is 11.6 Å². The molecule has 26 heavy (non-hydrogen) atoms. The molecule has 130 valence electrons. The lowest BCUT2D eigenvalue weighted by Crippen LogP contribution is -2.02. The van der Waals surface area contributed by atoms with Crippen molar-refractivity contribution in [3.8, 4) is 11.6 Å². The van der Waals surface area contributed by atoms with E-state index in [9.17, 15) is 0 Å². The van der Waals surface area contributed by atoms with Gasteiger partial charge in [-0.1, -0.05) is 6.07 Å². The maximum Gasteiger partial charge on any atom is 0.238 e. The summed E-state index contributed by atoms with van der Waals surface area (Å²) < 4.78 is 7.77. The maximum absolute atomic E-state index is 5.84. The van der Waals surface area contributed by atoms with Crippen molar-refractivity contribution in [1.82, 2.24) is 14.4 Å². The van der Waals surface area contributed by atoms with Gasteiger partial charge in [-0.2, -0.15) is 4.98 Å². The van der Waals surface area contributed by atoms with E-state index in [0.717, 1.165) is 35.1 Å². The summed E-state index contributed by atoms with van der Waals surface area (Å²) in [5, 5.41) is 6.61. The summed E-state index contributed by atoms with van der Waals surface area (Å²) in [5.74, 6) is 2.09. The quantitative estimate of drug-likeness (QED) is 0.530. The summed E-state index contributed by atoms with van der Waals surface area (Å²) in [6, 6.07) is 17.5. The van der Waals surface area contributed by atoms with E-state index in [-0.39, 0.29) is 0 Å². The Labute approximate surface area is 151 Å². The molecule has 0 bridgehead atoms. The number of pyridine rings is 2. The van der Waals surface area contributed by atoms with Gasteiger partial charge in [-0.25, -0.2) is 4.98 Å². The second-order valence-corrected chi connectivity index (χ2v) is 5.73. The highest BCUT2D eigenvalue weighted by atomic mass is 16.5. The van der Waals surface area contributed by atoms with Crippen molar-refractivity contribution in [1.29, 1.82) is 0 Å². The summed E-state index contributed by atoms with van der Waals surface area (Å²) >= 11 is 0. The van der Waals surface area contributed by atoms with Crippen LogP contribution in [0.4, 0.5) is 17.2 Å². The van der Waals surface area contributed by atoms with Gasteiger partial charge in [0.05, 0.1) is 11.9 Å². The van der Waals surface area contributed by atoms with Crippen molar-refractivity contribution >= 4 is 22.8 Å². The Hall–Kier alpha value is -3.54. The summed E-state index contributed by atoms with van der Waals surface area (Å²) in [7, 11) is 0. The van der Waals surface area contributed by atoms with Crippen LogP contribution < -0.4 is 15.4 Å². The van der Waals surface area contributed by atoms with Crippen LogP contribution in [0.15, 0.2) is 73.2 Å². The Morgan fingerprint density at radius 1 is 1.04 bits per heavy atom. The van der Waals surface area contributed by atoms with Gasteiger partial charge in [-0.15, -0.1) is 0 Å². The van der Waals surface area contributed by atoms with Crippen LogP contribution in [-0.2, 0) is 0 Å². The molecule has 0 fully saturated rings. The van der Waals surface area contributed by atoms with Crippen LogP contribution in [0.25, 0.3) is 5.65 Å². The predicted octanol–water partition coefficient (Wildman–Crippen LogP) is 4.70. The lowest BCUT2D eigenvalue weighted by molar-refractivity contribution is 0.466. The average Bonchev–Trinajstić information content (AvgIpc) is 3.07. The van der Waals surface area contributed by atoms with Crippen molar-refractivity contribution < 1.29 is 4.74 Å². The van der Waals surface area contributed by atoms with Crippen molar-refractivity contribution in [3.05, 3.63) is 73.2 Å². The average molecular weight is 345 g/mol. The number of aromatic nitrogens is 3. The first-order valence-electron chi connectivity index (χ1n) is 8.49. The van der Waals surface area contributed by atoms with Crippen LogP contribution in [0.3, 0.4) is 0 Å². The number of benzene rings is 1. The molecular weight excluding hydrogens is 326 g/mol. The molecule has 0 aliphatic carbocycles. The fraction of sp³-hybridized carbons (Fsp3) is 0.100. The van der Waals surface area contributed by atoms with Crippen molar-refractivity contribution in [2.24, 2.45) is 0 Å². The first-order chi connectivity index (χ1) is 12.8. The molecule has 1 aromatic carbocycles. The minimum atomic E-state index is 0.566. The molecule has 0 radical (unpaired) electrons. The van der Waals surface area contributed by atoms with Gasteiger partial charge in [0.15, 0.2) is 5.82 Å². The Bertz CT molecular complexity index is 977. The molecule has 6 nitrogen and oxygen atoms in total. The monoisotopic (exact) mass is 345 g/mol. The van der Waals surface area contributed by atoms with Gasteiger partial charge in [-0.05, 0) is 55.5 Å². The van der Waals surface area contributed by atoms with E-state index in [4.69, 9.17) is 4.74 Å². The number of hydrogen-bond donors (Lipinski definition) is 2. The molecule has 3 aromatic heterocycles. The van der Waals surface area contributed by atoms with Crippen LogP contribution in [-0.4, -0.2) is 20.9 Å². The highest BCUT2D eigenvalue weighted by Crippen LogP contribution is 2.26. The fourth-order valence-electron chi connectivity index (χ4n) is 2.66. The second-order valence-electron chi connectivity index (χ2n) is 5.73. The van der Waals surface area contributed by atoms with E-state index < -0.39 is 0 Å². The van der Waals surface area contributed by atoms with Gasteiger partial charge in [0.1, 0.15) is 11.4 Å². The van der Waals surface area contributed by atoms with Gasteiger partial charge in [0.25, 0.3) is 0 Å². The Morgan fingerprint density at radius 3 is 2.73 bits per heavy atom. The normalized spacial score (nSPS) is 10.7. The maximum atomic E-state index is 5.84. The minimum absolute atomic E-state index is 0.566. The van der Waals surface area contributed by atoms with Gasteiger partial charge in [0.2, 0.25) is 5.88 Å². The summed E-state index contributed by atoms with van der Waals surface area (Å²) in [5.41, 5.74) is 2.76. The number of anilines is 3. The zero-order valence-corrected chi connectivity index (χ0v) is 14.4. The summed E-state index contributed by atoms with van der Waals surface area (Å²) in [6.07, 6.45) is 5.57. The number of nitrogens with one attached hydrogen (secondary N) is 2. The number of imidazole rings is 1. The van der Waals surface area contributed by atoms with E-state index in [2.05, 4.69) is 27.5 Å². The van der Waals surface area contributed by atoms with Crippen LogP contribution in [0.2, 0.25) is 0 Å². The van der Waals surface area contributed by atoms with E-state index in [1.165, 1.54) is 0 Å². The zero-order chi connectivity index (χ0) is 17.8. The molecular formula is C20H19N5O. The molecule has 0 unspecified atom stereocenters. The topological polar surface area (TPSA) is 63.5 Å². The fourth-order valence-corrected chi connectivity index (χ4v) is 2.66. The van der Waals surface area contributed by atoms with E-state index in [0.29, 0.717) is 5.88 Å². The minimum Gasteiger partial charge on any atom is -0.437 e. The predicted molar refractivity (Wildman–Crippen MR) is 103 cm³/mol. The number of fused-ring (bicyclic) bond motifs is 1. The third-order valence-corrected chi connectivity index (χ3v) is 3.86. The number of hydrogen-bond acceptors (Lipinski definition) is 5. The van der Waals surface area contributed by atoms with Crippen LogP contribution >= 0.6 is 0 Å². The third-order valence-electron chi connectivity index (χ3n) is 3.86. The lowest BCUT2D eigenvalue weighted by atomic mass is 10.3. The number of nitrogens with zero attached hydrogens (tertiary/aromatic N) is 3. The van der Waals surface area contributed by atoms with E-state index >= 15 is 0 Å². The molecule has 0 saturated carbocycles. The largest absolute Gasteiger partial charge is 0.437 e. The Morgan fingerprint density at radius 2 is 1.92 bits per heavy atom. The smallest absolute Gasteiger partial charge is 0.238 e. The molecule has 4 aromatic rings. The molecule has 2 N–H and O–H groups in total. The zero-order valence-electron chi connectivity index (χ0n) is 14.4. The Balaban J connectivity index is 1.48. The molecule has 0 saturated heterocycles. The van der Waals surface area contributed by atoms with Crippen LogP contribution in [0.1, 0.15) is 6.92 Å². The first-order valence-corrected chi connectivity index (χ1v) is 8.49. The first kappa shape index (κ1) is 16.0. The standard InChI is InChI=1S/C20H19N5O/c1-2-21-17-6-5-12-22-20(17)23-15-8-10-16(11-9-15)26-19-14-25-13-4-3-7-18(25)24-19/h3-14,21H,2H2,1H3,(H,22,23). The highest BCUT2D eigenvalue weighted by molar-refractivity contribution is 5.70. The third kappa shape index (κ3) is 3.44. The van der Waals surface area contributed by atoms with Gasteiger partial charge in [0, 0.05) is 24.6 Å². The second kappa shape index (κ2) is 7.14. The molecule has 0 spiro atoms. The molecule has 0 aliphatic heterocycles.